The SMILES string of the molecule is COC(=O)[C@H](C)N1C(=O)S/C(=C\c2ccc(Cl)s2)C1=O. The van der Waals surface area contributed by atoms with Crippen molar-refractivity contribution in [3.63, 3.8) is 0 Å². The fourth-order valence-corrected chi connectivity index (χ4v) is 3.60. The van der Waals surface area contributed by atoms with Gasteiger partial charge in [-0.05, 0) is 36.9 Å². The Bertz CT molecular complexity index is 610. The van der Waals surface area contributed by atoms with Gasteiger partial charge in [0.1, 0.15) is 6.04 Å². The first kappa shape index (κ1) is 15.1. The number of carbonyl (C=O) groups is 3. The largest absolute Gasteiger partial charge is 0.467 e. The second kappa shape index (κ2) is 5.99. The molecule has 20 heavy (non-hydrogen) atoms. The minimum Gasteiger partial charge on any atom is -0.467 e. The van der Waals surface area contributed by atoms with E-state index in [-0.39, 0.29) is 4.91 Å². The number of ether oxygens (including phenoxy) is 1. The Kier molecular flexibility index (Phi) is 4.52. The summed E-state index contributed by atoms with van der Waals surface area (Å²) in [5.41, 5.74) is 0. The molecule has 8 heteroatoms. The van der Waals surface area contributed by atoms with Crippen LogP contribution in [-0.4, -0.2) is 35.2 Å². The van der Waals surface area contributed by atoms with E-state index in [1.807, 2.05) is 0 Å². The first-order valence-corrected chi connectivity index (χ1v) is 7.55. The quantitative estimate of drug-likeness (QED) is 0.629. The summed E-state index contributed by atoms with van der Waals surface area (Å²) in [5.74, 6) is -1.13. The van der Waals surface area contributed by atoms with Gasteiger partial charge in [0.05, 0.1) is 16.4 Å². The summed E-state index contributed by atoms with van der Waals surface area (Å²) >= 11 is 7.91. The van der Waals surface area contributed by atoms with Crippen molar-refractivity contribution in [2.75, 3.05) is 7.11 Å². The molecule has 2 heterocycles. The summed E-state index contributed by atoms with van der Waals surface area (Å²) in [5, 5.41) is -0.484. The molecule has 1 aromatic rings. The molecular weight excluding hydrogens is 322 g/mol. The van der Waals surface area contributed by atoms with E-state index in [0.717, 1.165) is 21.5 Å². The number of hydrogen-bond donors (Lipinski definition) is 0. The van der Waals surface area contributed by atoms with Crippen molar-refractivity contribution in [3.8, 4) is 0 Å². The van der Waals surface area contributed by atoms with Crippen molar-refractivity contribution in [2.24, 2.45) is 0 Å². The van der Waals surface area contributed by atoms with Crippen molar-refractivity contribution in [3.05, 3.63) is 26.3 Å². The van der Waals surface area contributed by atoms with Crippen LogP contribution >= 0.6 is 34.7 Å². The van der Waals surface area contributed by atoms with E-state index in [1.54, 1.807) is 18.2 Å². The van der Waals surface area contributed by atoms with E-state index in [0.29, 0.717) is 4.34 Å². The molecule has 0 radical (unpaired) electrons. The molecule has 1 fully saturated rings. The molecule has 0 bridgehead atoms. The molecule has 106 valence electrons. The van der Waals surface area contributed by atoms with Crippen molar-refractivity contribution in [1.29, 1.82) is 0 Å². The topological polar surface area (TPSA) is 63.7 Å². The maximum absolute atomic E-state index is 12.2. The van der Waals surface area contributed by atoms with Crippen LogP contribution in [0.4, 0.5) is 4.79 Å². The molecule has 0 saturated carbocycles. The maximum atomic E-state index is 12.2. The highest BCUT2D eigenvalue weighted by Gasteiger charge is 2.41. The van der Waals surface area contributed by atoms with Crippen molar-refractivity contribution in [1.82, 2.24) is 4.90 Å². The standard InChI is InChI=1S/C12H10ClNO4S2/c1-6(11(16)18-2)14-10(15)8(20-12(14)17)5-7-3-4-9(13)19-7/h3-6H,1-2H3/b8-5-/t6-/m0/s1. The highest BCUT2D eigenvalue weighted by molar-refractivity contribution is 8.18. The van der Waals surface area contributed by atoms with Crippen LogP contribution in [0.15, 0.2) is 17.0 Å². The lowest BCUT2D eigenvalue weighted by Gasteiger charge is -2.18. The zero-order valence-electron chi connectivity index (χ0n) is 10.6. The number of thiophene rings is 1. The lowest BCUT2D eigenvalue weighted by Crippen LogP contribution is -2.42. The number of rotatable bonds is 3. The molecule has 2 amide bonds. The number of carbonyl (C=O) groups excluding carboxylic acids is 3. The van der Waals surface area contributed by atoms with Gasteiger partial charge < -0.3 is 4.74 Å². The Labute approximate surface area is 128 Å². The number of hydrogen-bond acceptors (Lipinski definition) is 6. The van der Waals surface area contributed by atoms with E-state index in [2.05, 4.69) is 4.74 Å². The Balaban J connectivity index is 2.25. The van der Waals surface area contributed by atoms with Crippen LogP contribution in [-0.2, 0) is 14.3 Å². The molecule has 5 nitrogen and oxygen atoms in total. The summed E-state index contributed by atoms with van der Waals surface area (Å²) < 4.78 is 5.14. The number of esters is 1. The summed E-state index contributed by atoms with van der Waals surface area (Å²) in [4.78, 5) is 37.4. The third kappa shape index (κ3) is 2.89. The van der Waals surface area contributed by atoms with Crippen LogP contribution in [0.3, 0.4) is 0 Å². The summed E-state index contributed by atoms with van der Waals surface area (Å²) in [6.45, 7) is 1.45. The molecular formula is C12H10ClNO4S2. The number of halogens is 1. The Morgan fingerprint density at radius 2 is 2.15 bits per heavy atom. The number of nitrogens with zero attached hydrogens (tertiary/aromatic N) is 1. The molecule has 0 aliphatic carbocycles. The van der Waals surface area contributed by atoms with Gasteiger partial charge in [-0.1, -0.05) is 11.6 Å². The van der Waals surface area contributed by atoms with Gasteiger partial charge in [-0.2, -0.15) is 0 Å². The van der Waals surface area contributed by atoms with Crippen LogP contribution in [0.5, 0.6) is 0 Å². The van der Waals surface area contributed by atoms with E-state index in [4.69, 9.17) is 11.6 Å². The lowest BCUT2D eigenvalue weighted by atomic mass is 10.3. The van der Waals surface area contributed by atoms with E-state index in [9.17, 15) is 14.4 Å². The van der Waals surface area contributed by atoms with Gasteiger partial charge in [0, 0.05) is 4.88 Å². The minimum atomic E-state index is -0.940. The van der Waals surface area contributed by atoms with Crippen LogP contribution in [0, 0.1) is 0 Å². The Morgan fingerprint density at radius 1 is 1.45 bits per heavy atom. The molecule has 0 spiro atoms. The van der Waals surface area contributed by atoms with E-state index < -0.39 is 23.2 Å². The Hall–Kier alpha value is -1.31. The molecule has 0 N–H and O–H groups in total. The zero-order chi connectivity index (χ0) is 14.9. The normalized spacial score (nSPS) is 18.8. The summed E-state index contributed by atoms with van der Waals surface area (Å²) in [7, 11) is 1.21. The predicted molar refractivity (Wildman–Crippen MR) is 78.6 cm³/mol. The molecule has 1 atom stereocenters. The molecule has 1 aromatic heterocycles. The lowest BCUT2D eigenvalue weighted by molar-refractivity contribution is -0.148. The monoisotopic (exact) mass is 331 g/mol. The van der Waals surface area contributed by atoms with Crippen molar-refractivity contribution < 1.29 is 19.1 Å². The maximum Gasteiger partial charge on any atom is 0.328 e. The second-order valence-electron chi connectivity index (χ2n) is 3.89. The zero-order valence-corrected chi connectivity index (χ0v) is 13.0. The third-order valence-electron chi connectivity index (χ3n) is 2.62. The smallest absolute Gasteiger partial charge is 0.328 e. The average molecular weight is 332 g/mol. The number of thioether (sulfide) groups is 1. The van der Waals surface area contributed by atoms with Crippen LogP contribution in [0.1, 0.15) is 11.8 Å². The number of methoxy groups -OCH3 is 1. The molecule has 1 saturated heterocycles. The van der Waals surface area contributed by atoms with Gasteiger partial charge in [0.15, 0.2) is 0 Å². The van der Waals surface area contributed by atoms with Crippen LogP contribution < -0.4 is 0 Å². The van der Waals surface area contributed by atoms with Gasteiger partial charge in [0.25, 0.3) is 11.1 Å². The van der Waals surface area contributed by atoms with E-state index >= 15 is 0 Å². The van der Waals surface area contributed by atoms with Gasteiger partial charge >= 0.3 is 5.97 Å². The van der Waals surface area contributed by atoms with Crippen LogP contribution in [0.25, 0.3) is 6.08 Å². The number of amides is 2. The van der Waals surface area contributed by atoms with Gasteiger partial charge in [0.2, 0.25) is 0 Å². The second-order valence-corrected chi connectivity index (χ2v) is 6.63. The average Bonchev–Trinajstić information content (AvgIpc) is 2.93. The van der Waals surface area contributed by atoms with Gasteiger partial charge in [-0.15, -0.1) is 11.3 Å². The van der Waals surface area contributed by atoms with Crippen LogP contribution in [0.2, 0.25) is 4.34 Å². The van der Waals surface area contributed by atoms with Crippen molar-refractivity contribution >= 4 is 57.9 Å². The third-order valence-corrected chi connectivity index (χ3v) is 4.68. The summed E-state index contributed by atoms with van der Waals surface area (Å²) in [6, 6.07) is 2.52. The molecule has 0 aromatic carbocycles. The molecule has 0 unspecified atom stereocenters. The van der Waals surface area contributed by atoms with Gasteiger partial charge in [-0.3, -0.25) is 14.5 Å². The highest BCUT2D eigenvalue weighted by atomic mass is 35.5. The fraction of sp³-hybridized carbons (Fsp3) is 0.250. The Morgan fingerprint density at radius 3 is 2.70 bits per heavy atom. The summed E-state index contributed by atoms with van der Waals surface area (Å²) in [6.07, 6.45) is 1.59. The van der Waals surface area contributed by atoms with E-state index in [1.165, 1.54) is 25.4 Å². The minimum absolute atomic E-state index is 0.268. The fourth-order valence-electron chi connectivity index (χ4n) is 1.62. The molecule has 1 aliphatic heterocycles. The first-order valence-electron chi connectivity index (χ1n) is 5.54. The first-order chi connectivity index (χ1) is 9.43. The van der Waals surface area contributed by atoms with Crippen molar-refractivity contribution in [2.45, 2.75) is 13.0 Å². The number of imide groups is 1. The predicted octanol–water partition coefficient (Wildman–Crippen LogP) is 3.00. The highest BCUT2D eigenvalue weighted by Crippen LogP contribution is 2.35. The molecule has 2 rings (SSSR count). The molecule has 1 aliphatic rings. The van der Waals surface area contributed by atoms with Gasteiger partial charge in [-0.25, -0.2) is 4.79 Å².